The molecule has 0 aliphatic rings. The maximum Gasteiger partial charge on any atom is 0.272 e. The predicted molar refractivity (Wildman–Crippen MR) is 78.9 cm³/mol. The van der Waals surface area contributed by atoms with Gasteiger partial charge < -0.3 is 0 Å². The first kappa shape index (κ1) is 10.6. The average molecular weight is 272 g/mol. The van der Waals surface area contributed by atoms with E-state index < -0.39 is 0 Å². The van der Waals surface area contributed by atoms with E-state index in [1.54, 1.807) is 17.0 Å². The number of fused-ring (bicyclic) bond motifs is 7. The average Bonchev–Trinajstić information content (AvgIpc) is 3.01. The first-order chi connectivity index (χ1) is 10.4. The van der Waals surface area contributed by atoms with Crippen molar-refractivity contribution in [1.29, 1.82) is 0 Å². The van der Waals surface area contributed by atoms with Gasteiger partial charge in [-0.1, -0.05) is 24.3 Å². The van der Waals surface area contributed by atoms with Crippen LogP contribution in [0.25, 0.3) is 38.5 Å². The van der Waals surface area contributed by atoms with Crippen molar-refractivity contribution in [2.24, 2.45) is 0 Å². The van der Waals surface area contributed by atoms with Crippen molar-refractivity contribution in [3.05, 3.63) is 48.9 Å². The highest BCUT2D eigenvalue weighted by Crippen LogP contribution is 2.31. The third-order valence-corrected chi connectivity index (χ3v) is 3.66. The van der Waals surface area contributed by atoms with Gasteiger partial charge in [-0.25, -0.2) is 4.98 Å². The summed E-state index contributed by atoms with van der Waals surface area (Å²) >= 11 is 0. The van der Waals surface area contributed by atoms with E-state index in [-0.39, 0.29) is 0 Å². The first-order valence-electron chi connectivity index (χ1n) is 6.55. The van der Waals surface area contributed by atoms with Gasteiger partial charge in [-0.05, 0) is 12.1 Å². The largest absolute Gasteiger partial charge is 0.272 e. The molecule has 0 saturated carbocycles. The number of hydrogen-bond donors (Lipinski definition) is 0. The molecule has 21 heavy (non-hydrogen) atoms. The van der Waals surface area contributed by atoms with Gasteiger partial charge in [0.25, 0.3) is 5.78 Å². The predicted octanol–water partition coefficient (Wildman–Crippen LogP) is 2.37. The van der Waals surface area contributed by atoms with E-state index in [0.717, 1.165) is 32.7 Å². The molecule has 5 rings (SSSR count). The van der Waals surface area contributed by atoms with Crippen molar-refractivity contribution in [3.8, 4) is 0 Å². The van der Waals surface area contributed by atoms with Crippen LogP contribution in [-0.4, -0.2) is 29.8 Å². The van der Waals surface area contributed by atoms with Gasteiger partial charge in [0.2, 0.25) is 0 Å². The van der Waals surface area contributed by atoms with E-state index in [4.69, 9.17) is 0 Å². The second-order valence-electron chi connectivity index (χ2n) is 4.83. The van der Waals surface area contributed by atoms with Gasteiger partial charge in [0.05, 0.1) is 5.52 Å². The normalized spacial score (nSPS) is 11.8. The van der Waals surface area contributed by atoms with Crippen LogP contribution in [0.3, 0.4) is 0 Å². The monoisotopic (exact) mass is 272 g/mol. The van der Waals surface area contributed by atoms with Crippen LogP contribution in [0.2, 0.25) is 0 Å². The highest BCUT2D eigenvalue weighted by atomic mass is 15.4. The summed E-state index contributed by atoms with van der Waals surface area (Å²) in [6.45, 7) is 0. The number of pyridine rings is 1. The summed E-state index contributed by atoms with van der Waals surface area (Å²) in [6.07, 6.45) is 3.35. The van der Waals surface area contributed by atoms with Gasteiger partial charge in [-0.3, -0.25) is 4.98 Å². The number of nitrogens with zero attached hydrogens (tertiary/aromatic N) is 6. The van der Waals surface area contributed by atoms with E-state index in [9.17, 15) is 0 Å². The van der Waals surface area contributed by atoms with Gasteiger partial charge in [0, 0.05) is 22.4 Å². The maximum atomic E-state index is 4.62. The van der Waals surface area contributed by atoms with Gasteiger partial charge >= 0.3 is 0 Å². The van der Waals surface area contributed by atoms with Crippen molar-refractivity contribution in [3.63, 3.8) is 0 Å². The Morgan fingerprint density at radius 2 is 1.62 bits per heavy atom. The molecule has 0 saturated heterocycles. The summed E-state index contributed by atoms with van der Waals surface area (Å²) in [5, 5.41) is 15.5. The Kier molecular flexibility index (Phi) is 1.87. The molecule has 0 radical (unpaired) electrons. The fourth-order valence-corrected chi connectivity index (χ4v) is 2.75. The van der Waals surface area contributed by atoms with Crippen molar-refractivity contribution in [2.45, 2.75) is 0 Å². The highest BCUT2D eigenvalue weighted by Gasteiger charge is 2.12. The van der Waals surface area contributed by atoms with Crippen LogP contribution in [0.5, 0.6) is 0 Å². The molecular weight excluding hydrogens is 264 g/mol. The molecule has 5 aromatic rings. The molecule has 0 amide bonds. The quantitative estimate of drug-likeness (QED) is 0.405. The molecule has 0 aliphatic heterocycles. The summed E-state index contributed by atoms with van der Waals surface area (Å²) in [4.78, 5) is 9.12. The van der Waals surface area contributed by atoms with Crippen LogP contribution >= 0.6 is 0 Å². The van der Waals surface area contributed by atoms with Gasteiger partial charge in [0.1, 0.15) is 17.4 Å². The fraction of sp³-hybridized carbons (Fsp3) is 0. The zero-order chi connectivity index (χ0) is 13.8. The maximum absolute atomic E-state index is 4.62. The Hall–Kier alpha value is -3.15. The lowest BCUT2D eigenvalue weighted by Gasteiger charge is -2.07. The molecule has 0 atom stereocenters. The van der Waals surface area contributed by atoms with Gasteiger partial charge in [-0.15, -0.1) is 10.2 Å². The van der Waals surface area contributed by atoms with Crippen LogP contribution in [0.4, 0.5) is 0 Å². The molecule has 0 unspecified atom stereocenters. The Bertz CT molecular complexity index is 1060. The molecular formula is C15H8N6. The second kappa shape index (κ2) is 3.69. The van der Waals surface area contributed by atoms with E-state index in [1.165, 1.54) is 0 Å². The van der Waals surface area contributed by atoms with Crippen molar-refractivity contribution in [1.82, 2.24) is 29.8 Å². The lowest BCUT2D eigenvalue weighted by atomic mass is 10.0. The zero-order valence-electron chi connectivity index (χ0n) is 10.8. The summed E-state index contributed by atoms with van der Waals surface area (Å²) in [7, 11) is 0. The zero-order valence-corrected chi connectivity index (χ0v) is 10.8. The lowest BCUT2D eigenvalue weighted by Crippen LogP contribution is -1.97. The molecule has 3 aromatic heterocycles. The number of benzene rings is 2. The molecule has 0 aliphatic carbocycles. The van der Waals surface area contributed by atoms with Gasteiger partial charge in [-0.2, -0.15) is 9.61 Å². The Labute approximate surface area is 118 Å². The SMILES string of the molecule is c1ccc2c(c1)c1ncccc1c1nc3nncn3nc21. The minimum absolute atomic E-state index is 0.489. The summed E-state index contributed by atoms with van der Waals surface area (Å²) in [6, 6.07) is 12.0. The van der Waals surface area contributed by atoms with Crippen molar-refractivity contribution >= 4 is 38.5 Å². The topological polar surface area (TPSA) is 68.9 Å². The number of hydrogen-bond acceptors (Lipinski definition) is 5. The number of aromatic nitrogens is 6. The van der Waals surface area contributed by atoms with Crippen LogP contribution in [-0.2, 0) is 0 Å². The third-order valence-electron chi connectivity index (χ3n) is 3.66. The van der Waals surface area contributed by atoms with E-state index >= 15 is 0 Å². The summed E-state index contributed by atoms with van der Waals surface area (Å²) in [5.41, 5.74) is 2.56. The van der Waals surface area contributed by atoms with Crippen LogP contribution < -0.4 is 0 Å². The fourth-order valence-electron chi connectivity index (χ4n) is 2.75. The molecule has 6 heteroatoms. The number of rotatable bonds is 0. The van der Waals surface area contributed by atoms with Crippen LogP contribution in [0, 0.1) is 0 Å². The van der Waals surface area contributed by atoms with E-state index in [0.29, 0.717) is 5.78 Å². The molecule has 3 heterocycles. The molecule has 0 fully saturated rings. The molecule has 0 bridgehead atoms. The minimum atomic E-state index is 0.489. The standard InChI is InChI=1S/C15H8N6/c1-2-5-10-9(4-1)12-11(6-3-7-16-12)13-14(10)20-21-8-17-19-15(21)18-13/h1-8H. The minimum Gasteiger partial charge on any atom is -0.256 e. The smallest absolute Gasteiger partial charge is 0.256 e. The molecule has 98 valence electrons. The second-order valence-corrected chi connectivity index (χ2v) is 4.83. The van der Waals surface area contributed by atoms with Crippen LogP contribution in [0.15, 0.2) is 48.9 Å². The van der Waals surface area contributed by atoms with E-state index in [2.05, 4.69) is 31.3 Å². The van der Waals surface area contributed by atoms with E-state index in [1.807, 2.05) is 30.3 Å². The molecule has 6 nitrogen and oxygen atoms in total. The Balaban J connectivity index is 2.21. The Morgan fingerprint density at radius 3 is 2.52 bits per heavy atom. The van der Waals surface area contributed by atoms with Crippen molar-refractivity contribution in [2.75, 3.05) is 0 Å². The Morgan fingerprint density at radius 1 is 0.810 bits per heavy atom. The summed E-state index contributed by atoms with van der Waals surface area (Å²) < 4.78 is 1.59. The van der Waals surface area contributed by atoms with Gasteiger partial charge in [0.15, 0.2) is 0 Å². The first-order valence-corrected chi connectivity index (χ1v) is 6.55. The molecule has 0 spiro atoms. The summed E-state index contributed by atoms with van der Waals surface area (Å²) in [5.74, 6) is 0.489. The van der Waals surface area contributed by atoms with Crippen LogP contribution in [0.1, 0.15) is 0 Å². The third kappa shape index (κ3) is 1.33. The molecule has 0 N–H and O–H groups in total. The highest BCUT2D eigenvalue weighted by molar-refractivity contribution is 6.21. The molecule has 2 aromatic carbocycles. The lowest BCUT2D eigenvalue weighted by molar-refractivity contribution is 0.940. The van der Waals surface area contributed by atoms with Crippen molar-refractivity contribution < 1.29 is 0 Å².